The van der Waals surface area contributed by atoms with Gasteiger partial charge in [0.1, 0.15) is 0 Å². The van der Waals surface area contributed by atoms with Crippen molar-refractivity contribution in [1.82, 2.24) is 10.2 Å². The van der Waals surface area contributed by atoms with Gasteiger partial charge in [0.05, 0.1) is 18.6 Å². The van der Waals surface area contributed by atoms with Crippen molar-refractivity contribution in [2.45, 2.75) is 39.0 Å². The van der Waals surface area contributed by atoms with E-state index in [0.29, 0.717) is 45.2 Å². The molecule has 6 heteroatoms. The number of amides is 2. The lowest BCUT2D eigenvalue weighted by atomic mass is 9.80. The Bertz CT molecular complexity index is 530. The van der Waals surface area contributed by atoms with Crippen LogP contribution in [0.4, 0.5) is 0 Å². The monoisotopic (exact) mass is 364 g/mol. The van der Waals surface area contributed by atoms with Crippen LogP contribution in [0.1, 0.15) is 39.0 Å². The number of unbranched alkanes of at least 4 members (excludes halogenated alkanes) is 1. The van der Waals surface area contributed by atoms with Crippen molar-refractivity contribution in [2.24, 2.45) is 17.3 Å². The number of ether oxygens (including phenoxy) is 2. The average Bonchev–Trinajstić information content (AvgIpc) is 3.22. The van der Waals surface area contributed by atoms with E-state index in [1.54, 1.807) is 0 Å². The summed E-state index contributed by atoms with van der Waals surface area (Å²) in [5, 5.41) is 3.15. The van der Waals surface area contributed by atoms with Gasteiger partial charge in [0.2, 0.25) is 11.8 Å². The summed E-state index contributed by atoms with van der Waals surface area (Å²) in [6, 6.07) is 0. The Balaban J connectivity index is 1.53. The van der Waals surface area contributed by atoms with Crippen molar-refractivity contribution in [3.05, 3.63) is 12.2 Å². The molecule has 3 rings (SSSR count). The Kier molecular flexibility index (Phi) is 6.70. The quantitative estimate of drug-likeness (QED) is 0.552. The van der Waals surface area contributed by atoms with E-state index in [2.05, 4.69) is 11.4 Å². The Hall–Kier alpha value is -1.40. The molecule has 0 bridgehead atoms. The predicted molar refractivity (Wildman–Crippen MR) is 98.5 cm³/mol. The van der Waals surface area contributed by atoms with Crippen LogP contribution in [-0.2, 0) is 19.1 Å². The lowest BCUT2D eigenvalue weighted by Crippen LogP contribution is -2.48. The summed E-state index contributed by atoms with van der Waals surface area (Å²) in [5.41, 5.74) is -0.551. The number of rotatable bonds is 7. The van der Waals surface area contributed by atoms with E-state index in [9.17, 15) is 9.59 Å². The van der Waals surface area contributed by atoms with Gasteiger partial charge in [-0.1, -0.05) is 12.2 Å². The first-order valence-corrected chi connectivity index (χ1v) is 9.98. The number of hydrogen-bond acceptors (Lipinski definition) is 4. The number of nitrogens with zero attached hydrogens (tertiary/aromatic N) is 1. The zero-order valence-corrected chi connectivity index (χ0v) is 15.9. The van der Waals surface area contributed by atoms with Gasteiger partial charge in [0.15, 0.2) is 0 Å². The number of likely N-dealkylation sites (tertiary alicyclic amines) is 1. The lowest BCUT2D eigenvalue weighted by Gasteiger charge is -2.28. The molecule has 3 fully saturated rings. The molecule has 3 aliphatic heterocycles. The van der Waals surface area contributed by atoms with Gasteiger partial charge in [-0.05, 0) is 38.5 Å². The van der Waals surface area contributed by atoms with Gasteiger partial charge in [0.25, 0.3) is 0 Å². The third-order valence-electron chi connectivity index (χ3n) is 6.07. The molecule has 0 saturated carbocycles. The molecule has 0 aliphatic carbocycles. The molecule has 1 N–H and O–H groups in total. The smallest absolute Gasteiger partial charge is 0.230 e. The number of hydrogen-bond donors (Lipinski definition) is 1. The van der Waals surface area contributed by atoms with Gasteiger partial charge in [-0.25, -0.2) is 0 Å². The number of nitrogens with one attached hydrogen (secondary N) is 1. The van der Waals surface area contributed by atoms with Crippen molar-refractivity contribution in [3.8, 4) is 0 Å². The molecule has 3 saturated heterocycles. The largest absolute Gasteiger partial charge is 0.381 e. The zero-order valence-electron chi connectivity index (χ0n) is 15.9. The summed E-state index contributed by atoms with van der Waals surface area (Å²) in [6.45, 7) is 6.42. The van der Waals surface area contributed by atoms with Gasteiger partial charge in [-0.15, -0.1) is 0 Å². The lowest BCUT2D eigenvalue weighted by molar-refractivity contribution is -0.134. The second-order valence-corrected chi connectivity index (χ2v) is 7.87. The molecule has 0 aromatic rings. The first-order chi connectivity index (χ1) is 12.7. The van der Waals surface area contributed by atoms with E-state index in [0.717, 1.165) is 38.9 Å². The summed E-state index contributed by atoms with van der Waals surface area (Å²) < 4.78 is 11.0. The number of carbonyl (C=O) groups excluding carboxylic acids is 2. The van der Waals surface area contributed by atoms with Crippen LogP contribution >= 0.6 is 0 Å². The maximum absolute atomic E-state index is 13.0. The summed E-state index contributed by atoms with van der Waals surface area (Å²) in [4.78, 5) is 27.4. The minimum absolute atomic E-state index is 0.0655. The van der Waals surface area contributed by atoms with E-state index < -0.39 is 5.41 Å². The summed E-state index contributed by atoms with van der Waals surface area (Å²) >= 11 is 0. The van der Waals surface area contributed by atoms with Gasteiger partial charge in [-0.3, -0.25) is 9.59 Å². The van der Waals surface area contributed by atoms with E-state index in [-0.39, 0.29) is 17.7 Å². The number of allylic oxidation sites excluding steroid dienone is 2. The second-order valence-electron chi connectivity index (χ2n) is 7.87. The summed E-state index contributed by atoms with van der Waals surface area (Å²) in [5.74, 6) is 0.850. The van der Waals surface area contributed by atoms with E-state index in [4.69, 9.17) is 9.47 Å². The Labute approximate surface area is 156 Å². The van der Waals surface area contributed by atoms with Crippen molar-refractivity contribution in [3.63, 3.8) is 0 Å². The van der Waals surface area contributed by atoms with Gasteiger partial charge < -0.3 is 19.7 Å². The van der Waals surface area contributed by atoms with Gasteiger partial charge in [0, 0.05) is 45.2 Å². The molecule has 0 unspecified atom stereocenters. The van der Waals surface area contributed by atoms with Crippen LogP contribution in [0, 0.1) is 17.3 Å². The molecule has 26 heavy (non-hydrogen) atoms. The highest BCUT2D eigenvalue weighted by Crippen LogP contribution is 2.42. The fourth-order valence-electron chi connectivity index (χ4n) is 4.31. The molecule has 3 heterocycles. The van der Waals surface area contributed by atoms with Crippen LogP contribution in [0.5, 0.6) is 0 Å². The third kappa shape index (κ3) is 4.29. The Morgan fingerprint density at radius 1 is 1.27 bits per heavy atom. The molecule has 2 atom stereocenters. The standard InChI is InChI=1S/C20H32N2O4/c1-2-3-4-5-6-18(23)22-12-17-13-26-15-20(17,14-22)19(24)21-11-16-7-9-25-10-8-16/h2-3,16-17H,4-15H2,1H3,(H,21,24)/b3-2+/t17-,20-/m1/s1. The molecule has 0 spiro atoms. The molecule has 6 nitrogen and oxygen atoms in total. The fraction of sp³-hybridized carbons (Fsp3) is 0.800. The van der Waals surface area contributed by atoms with Crippen molar-refractivity contribution >= 4 is 11.8 Å². The third-order valence-corrected chi connectivity index (χ3v) is 6.07. The maximum atomic E-state index is 13.0. The van der Waals surface area contributed by atoms with Crippen molar-refractivity contribution < 1.29 is 19.1 Å². The molecule has 3 aliphatic rings. The first kappa shape index (κ1) is 19.4. The Morgan fingerprint density at radius 3 is 2.85 bits per heavy atom. The van der Waals surface area contributed by atoms with Crippen LogP contribution in [0.25, 0.3) is 0 Å². The van der Waals surface area contributed by atoms with Crippen molar-refractivity contribution in [2.75, 3.05) is 46.1 Å². The van der Waals surface area contributed by atoms with Gasteiger partial charge in [-0.2, -0.15) is 0 Å². The topological polar surface area (TPSA) is 67.9 Å². The predicted octanol–water partition coefficient (Wildman–Crippen LogP) is 1.75. The van der Waals surface area contributed by atoms with E-state index in [1.807, 2.05) is 17.9 Å². The molecular formula is C20H32N2O4. The highest BCUT2D eigenvalue weighted by molar-refractivity contribution is 5.86. The van der Waals surface area contributed by atoms with Crippen LogP contribution in [-0.4, -0.2) is 62.8 Å². The number of fused-ring (bicyclic) bond motifs is 1. The Morgan fingerprint density at radius 2 is 2.08 bits per heavy atom. The molecule has 0 radical (unpaired) electrons. The molecule has 0 aromatic carbocycles. The van der Waals surface area contributed by atoms with Crippen LogP contribution in [0.3, 0.4) is 0 Å². The normalized spacial score (nSPS) is 29.3. The van der Waals surface area contributed by atoms with E-state index in [1.165, 1.54) is 0 Å². The highest BCUT2D eigenvalue weighted by Gasteiger charge is 2.56. The van der Waals surface area contributed by atoms with Gasteiger partial charge >= 0.3 is 0 Å². The van der Waals surface area contributed by atoms with Crippen LogP contribution < -0.4 is 5.32 Å². The maximum Gasteiger partial charge on any atom is 0.230 e. The first-order valence-electron chi connectivity index (χ1n) is 9.98. The molecule has 146 valence electrons. The van der Waals surface area contributed by atoms with Crippen molar-refractivity contribution in [1.29, 1.82) is 0 Å². The minimum atomic E-state index is -0.551. The van der Waals surface area contributed by atoms with Crippen LogP contribution in [0.15, 0.2) is 12.2 Å². The fourth-order valence-corrected chi connectivity index (χ4v) is 4.31. The molecule has 0 aromatic heterocycles. The summed E-state index contributed by atoms with van der Waals surface area (Å²) in [6.07, 6.45) is 8.46. The van der Waals surface area contributed by atoms with E-state index >= 15 is 0 Å². The molecule has 2 amide bonds. The summed E-state index contributed by atoms with van der Waals surface area (Å²) in [7, 11) is 0. The molecular weight excluding hydrogens is 332 g/mol. The van der Waals surface area contributed by atoms with Crippen LogP contribution in [0.2, 0.25) is 0 Å². The zero-order chi connectivity index (χ0) is 18.4. The minimum Gasteiger partial charge on any atom is -0.381 e. The highest BCUT2D eigenvalue weighted by atomic mass is 16.5. The average molecular weight is 364 g/mol. The SMILES string of the molecule is C/C=C/CCCC(=O)N1C[C@@H]2COC[C@]2(C(=O)NCC2CCOCC2)C1. The second kappa shape index (κ2) is 9.00. The number of carbonyl (C=O) groups is 2.